The van der Waals surface area contributed by atoms with E-state index < -0.39 is 4.92 Å². The number of nitro groups is 1. The standard InChI is InChI=1S/C14H17N3O3/c15-8-10-5-6-12(17(18)19)14(7-10)20-13-4-2-1-3-11(13)9-16/h5-7,11,13H,1-4,9,16H2. The maximum Gasteiger partial charge on any atom is 0.311 e. The van der Waals surface area contributed by atoms with Crippen LogP contribution >= 0.6 is 0 Å². The summed E-state index contributed by atoms with van der Waals surface area (Å²) < 4.78 is 5.82. The molecule has 2 unspecified atom stereocenters. The Bertz CT molecular complexity index is 539. The molecule has 106 valence electrons. The Labute approximate surface area is 117 Å². The van der Waals surface area contributed by atoms with E-state index in [4.69, 9.17) is 15.7 Å². The molecule has 0 spiro atoms. The average Bonchev–Trinajstić information content (AvgIpc) is 2.47. The predicted molar refractivity (Wildman–Crippen MR) is 73.2 cm³/mol. The Morgan fingerprint density at radius 2 is 2.20 bits per heavy atom. The van der Waals surface area contributed by atoms with Crippen LogP contribution in [0.1, 0.15) is 31.2 Å². The molecule has 0 heterocycles. The SMILES string of the molecule is N#Cc1ccc([N+](=O)[O-])c(OC2CCCCC2CN)c1. The van der Waals surface area contributed by atoms with E-state index >= 15 is 0 Å². The molecule has 1 aliphatic rings. The average molecular weight is 275 g/mol. The van der Waals surface area contributed by atoms with E-state index in [9.17, 15) is 10.1 Å². The lowest BCUT2D eigenvalue weighted by Gasteiger charge is -2.30. The van der Waals surface area contributed by atoms with Crippen LogP contribution in [0.2, 0.25) is 0 Å². The fourth-order valence-corrected chi connectivity index (χ4v) is 2.59. The quantitative estimate of drug-likeness (QED) is 0.671. The van der Waals surface area contributed by atoms with Gasteiger partial charge in [0.25, 0.3) is 0 Å². The van der Waals surface area contributed by atoms with Crippen LogP contribution in [0, 0.1) is 27.4 Å². The molecule has 2 rings (SSSR count). The van der Waals surface area contributed by atoms with Gasteiger partial charge in [-0.2, -0.15) is 5.26 Å². The van der Waals surface area contributed by atoms with Crippen molar-refractivity contribution in [2.75, 3.05) is 6.54 Å². The Morgan fingerprint density at radius 1 is 1.45 bits per heavy atom. The highest BCUT2D eigenvalue weighted by atomic mass is 16.6. The van der Waals surface area contributed by atoms with Crippen molar-refractivity contribution in [3.8, 4) is 11.8 Å². The highest BCUT2D eigenvalue weighted by Crippen LogP contribution is 2.33. The second kappa shape index (κ2) is 6.35. The number of hydrogen-bond acceptors (Lipinski definition) is 5. The third kappa shape index (κ3) is 3.06. The van der Waals surface area contributed by atoms with E-state index in [0.717, 1.165) is 25.7 Å². The summed E-state index contributed by atoms with van der Waals surface area (Å²) in [6.07, 6.45) is 3.86. The molecule has 1 aromatic rings. The lowest BCUT2D eigenvalue weighted by atomic mass is 9.86. The third-order valence-electron chi connectivity index (χ3n) is 3.71. The Hall–Kier alpha value is -2.13. The van der Waals surface area contributed by atoms with Gasteiger partial charge in [0.15, 0.2) is 5.75 Å². The molecule has 6 heteroatoms. The zero-order valence-corrected chi connectivity index (χ0v) is 11.1. The molecule has 1 saturated carbocycles. The number of hydrogen-bond donors (Lipinski definition) is 1. The van der Waals surface area contributed by atoms with Crippen molar-refractivity contribution in [3.63, 3.8) is 0 Å². The van der Waals surface area contributed by atoms with E-state index in [1.807, 2.05) is 6.07 Å². The molecule has 0 aromatic heterocycles. The monoisotopic (exact) mass is 275 g/mol. The lowest BCUT2D eigenvalue weighted by Crippen LogP contribution is -2.35. The van der Waals surface area contributed by atoms with Crippen molar-refractivity contribution in [2.45, 2.75) is 31.8 Å². The van der Waals surface area contributed by atoms with Crippen LogP contribution < -0.4 is 10.5 Å². The fraction of sp³-hybridized carbons (Fsp3) is 0.500. The van der Waals surface area contributed by atoms with Gasteiger partial charge in [-0.05, 0) is 31.9 Å². The fourth-order valence-electron chi connectivity index (χ4n) is 2.59. The predicted octanol–water partition coefficient (Wildman–Crippen LogP) is 2.36. The molecule has 0 radical (unpaired) electrons. The normalized spacial score (nSPS) is 22.0. The molecule has 2 atom stereocenters. The number of nitriles is 1. The van der Waals surface area contributed by atoms with Crippen LogP contribution in [-0.4, -0.2) is 17.6 Å². The van der Waals surface area contributed by atoms with Crippen LogP contribution in [-0.2, 0) is 0 Å². The van der Waals surface area contributed by atoms with Crippen molar-refractivity contribution in [1.82, 2.24) is 0 Å². The highest BCUT2D eigenvalue weighted by Gasteiger charge is 2.28. The minimum atomic E-state index is -0.489. The molecule has 1 aromatic carbocycles. The molecule has 6 nitrogen and oxygen atoms in total. The molecule has 0 amide bonds. The van der Waals surface area contributed by atoms with E-state index in [1.165, 1.54) is 18.2 Å². The van der Waals surface area contributed by atoms with Crippen LogP contribution in [0.4, 0.5) is 5.69 Å². The Balaban J connectivity index is 2.26. The summed E-state index contributed by atoms with van der Waals surface area (Å²) in [5.74, 6) is 0.383. The minimum absolute atomic E-state index is 0.106. The number of nitro benzene ring substituents is 1. The Morgan fingerprint density at radius 3 is 2.85 bits per heavy atom. The topological polar surface area (TPSA) is 102 Å². The molecule has 0 aliphatic heterocycles. The highest BCUT2D eigenvalue weighted by molar-refractivity contribution is 5.51. The van der Waals surface area contributed by atoms with E-state index in [0.29, 0.717) is 12.1 Å². The maximum absolute atomic E-state index is 11.0. The molecular formula is C14H17N3O3. The number of rotatable bonds is 4. The summed E-state index contributed by atoms with van der Waals surface area (Å²) in [5.41, 5.74) is 5.98. The molecule has 20 heavy (non-hydrogen) atoms. The van der Waals surface area contributed by atoms with E-state index in [1.54, 1.807) is 0 Å². The van der Waals surface area contributed by atoms with Crippen molar-refractivity contribution in [3.05, 3.63) is 33.9 Å². The Kier molecular flexibility index (Phi) is 4.53. The molecule has 0 bridgehead atoms. The first-order valence-electron chi connectivity index (χ1n) is 6.71. The molecule has 1 fully saturated rings. The smallest absolute Gasteiger partial charge is 0.311 e. The number of ether oxygens (including phenoxy) is 1. The van der Waals surface area contributed by atoms with Gasteiger partial charge in [-0.3, -0.25) is 10.1 Å². The van der Waals surface area contributed by atoms with Gasteiger partial charge in [-0.15, -0.1) is 0 Å². The third-order valence-corrected chi connectivity index (χ3v) is 3.71. The van der Waals surface area contributed by atoms with Gasteiger partial charge in [0.2, 0.25) is 0 Å². The van der Waals surface area contributed by atoms with Gasteiger partial charge in [-0.1, -0.05) is 6.42 Å². The lowest BCUT2D eigenvalue weighted by molar-refractivity contribution is -0.386. The van der Waals surface area contributed by atoms with Crippen molar-refractivity contribution in [2.24, 2.45) is 11.7 Å². The first-order chi connectivity index (χ1) is 9.65. The van der Waals surface area contributed by atoms with Gasteiger partial charge in [-0.25, -0.2) is 0 Å². The summed E-state index contributed by atoms with van der Waals surface area (Å²) in [4.78, 5) is 10.5. The molecule has 1 aliphatic carbocycles. The summed E-state index contributed by atoms with van der Waals surface area (Å²) >= 11 is 0. The van der Waals surface area contributed by atoms with Gasteiger partial charge in [0.05, 0.1) is 16.6 Å². The van der Waals surface area contributed by atoms with E-state index in [-0.39, 0.29) is 23.5 Å². The summed E-state index contributed by atoms with van der Waals surface area (Å²) in [5, 5.41) is 19.9. The number of nitrogens with zero attached hydrogens (tertiary/aromatic N) is 2. The van der Waals surface area contributed by atoms with Gasteiger partial charge in [0.1, 0.15) is 6.10 Å². The van der Waals surface area contributed by atoms with Crippen molar-refractivity contribution in [1.29, 1.82) is 5.26 Å². The first-order valence-corrected chi connectivity index (χ1v) is 6.71. The van der Waals surface area contributed by atoms with Gasteiger partial charge in [0, 0.05) is 18.1 Å². The maximum atomic E-state index is 11.0. The van der Waals surface area contributed by atoms with Crippen LogP contribution in [0.15, 0.2) is 18.2 Å². The summed E-state index contributed by atoms with van der Waals surface area (Å²) in [6, 6.07) is 6.14. The summed E-state index contributed by atoms with van der Waals surface area (Å²) in [6.45, 7) is 0.510. The molecule has 2 N–H and O–H groups in total. The molecule has 0 saturated heterocycles. The van der Waals surface area contributed by atoms with Crippen molar-refractivity contribution < 1.29 is 9.66 Å². The van der Waals surface area contributed by atoms with Crippen molar-refractivity contribution >= 4 is 5.69 Å². The largest absolute Gasteiger partial charge is 0.483 e. The molecular weight excluding hydrogens is 258 g/mol. The van der Waals surface area contributed by atoms with E-state index in [2.05, 4.69) is 0 Å². The van der Waals surface area contributed by atoms with Crippen LogP contribution in [0.25, 0.3) is 0 Å². The zero-order chi connectivity index (χ0) is 14.5. The van der Waals surface area contributed by atoms with Crippen LogP contribution in [0.5, 0.6) is 5.75 Å². The number of benzene rings is 1. The second-order valence-corrected chi connectivity index (χ2v) is 4.99. The van der Waals surface area contributed by atoms with Gasteiger partial charge >= 0.3 is 5.69 Å². The van der Waals surface area contributed by atoms with Gasteiger partial charge < -0.3 is 10.5 Å². The summed E-state index contributed by atoms with van der Waals surface area (Å²) in [7, 11) is 0. The van der Waals surface area contributed by atoms with Crippen LogP contribution in [0.3, 0.4) is 0 Å². The minimum Gasteiger partial charge on any atom is -0.483 e. The number of nitrogens with two attached hydrogens (primary N) is 1. The zero-order valence-electron chi connectivity index (χ0n) is 11.1. The second-order valence-electron chi connectivity index (χ2n) is 4.99. The first kappa shape index (κ1) is 14.3.